The molecule has 0 spiro atoms. The van der Waals surface area contributed by atoms with E-state index in [1.54, 1.807) is 6.20 Å². The Morgan fingerprint density at radius 2 is 2.31 bits per heavy atom. The van der Waals surface area contributed by atoms with Crippen molar-refractivity contribution >= 4 is 22.8 Å². The van der Waals surface area contributed by atoms with E-state index in [9.17, 15) is 10.1 Å². The molecule has 2 aromatic rings. The number of rotatable bonds is 3. The summed E-state index contributed by atoms with van der Waals surface area (Å²) in [6.45, 7) is 0. The van der Waals surface area contributed by atoms with E-state index < -0.39 is 4.92 Å². The first kappa shape index (κ1) is 10.5. The number of pyridine rings is 1. The van der Waals surface area contributed by atoms with Gasteiger partial charge in [0.2, 0.25) is 0 Å². The van der Waals surface area contributed by atoms with Crippen molar-refractivity contribution in [3.8, 4) is 0 Å². The van der Waals surface area contributed by atoms with Gasteiger partial charge in [-0.2, -0.15) is 0 Å². The molecule has 0 unspecified atom stereocenters. The lowest BCUT2D eigenvalue weighted by atomic mass is 10.2. The molecule has 2 heterocycles. The van der Waals surface area contributed by atoms with Crippen LogP contribution in [0.4, 0.5) is 11.5 Å². The molecular formula is C9H8N4O2S. The fraction of sp³-hybridized carbons (Fsp3) is 0.111. The van der Waals surface area contributed by atoms with Crippen molar-refractivity contribution in [1.82, 2.24) is 9.97 Å². The van der Waals surface area contributed by atoms with E-state index in [1.807, 2.05) is 5.38 Å². The van der Waals surface area contributed by atoms with E-state index >= 15 is 0 Å². The average molecular weight is 236 g/mol. The van der Waals surface area contributed by atoms with Crippen LogP contribution < -0.4 is 5.73 Å². The summed E-state index contributed by atoms with van der Waals surface area (Å²) in [4.78, 5) is 18.3. The number of nitro groups is 1. The third-order valence-corrected chi connectivity index (χ3v) is 2.75. The first-order valence-corrected chi connectivity index (χ1v) is 5.33. The molecule has 0 saturated carbocycles. The summed E-state index contributed by atoms with van der Waals surface area (Å²) in [7, 11) is 0. The number of nitrogens with zero attached hydrogens (tertiary/aromatic N) is 3. The molecule has 0 aliphatic heterocycles. The number of nitrogens with two attached hydrogens (primary N) is 1. The van der Waals surface area contributed by atoms with Crippen LogP contribution in [-0.4, -0.2) is 14.9 Å². The minimum atomic E-state index is -0.463. The van der Waals surface area contributed by atoms with Crippen LogP contribution >= 0.6 is 11.3 Å². The largest absolute Gasteiger partial charge is 0.384 e. The Balaban J connectivity index is 2.38. The molecule has 0 aliphatic rings. The summed E-state index contributed by atoms with van der Waals surface area (Å²) < 4.78 is 0. The van der Waals surface area contributed by atoms with E-state index in [0.717, 1.165) is 5.01 Å². The fourth-order valence-corrected chi connectivity index (χ4v) is 1.91. The van der Waals surface area contributed by atoms with Gasteiger partial charge in [-0.05, 0) is 6.07 Å². The van der Waals surface area contributed by atoms with Gasteiger partial charge in [0.05, 0.1) is 9.93 Å². The van der Waals surface area contributed by atoms with Gasteiger partial charge in [0.25, 0.3) is 5.69 Å². The first-order valence-electron chi connectivity index (χ1n) is 4.45. The highest BCUT2D eigenvalue weighted by Crippen LogP contribution is 2.21. The molecule has 2 rings (SSSR count). The van der Waals surface area contributed by atoms with Crippen LogP contribution in [-0.2, 0) is 6.42 Å². The second-order valence-electron chi connectivity index (χ2n) is 3.06. The van der Waals surface area contributed by atoms with Gasteiger partial charge in [-0.15, -0.1) is 11.3 Å². The molecule has 0 bridgehead atoms. The van der Waals surface area contributed by atoms with Gasteiger partial charge in [-0.25, -0.2) is 9.97 Å². The van der Waals surface area contributed by atoms with Crippen LogP contribution in [0.5, 0.6) is 0 Å². The van der Waals surface area contributed by atoms with E-state index in [0.29, 0.717) is 12.1 Å². The van der Waals surface area contributed by atoms with E-state index in [2.05, 4.69) is 9.97 Å². The zero-order chi connectivity index (χ0) is 11.5. The van der Waals surface area contributed by atoms with Crippen molar-refractivity contribution in [3.63, 3.8) is 0 Å². The maximum atomic E-state index is 10.8. The number of nitrogen functional groups attached to an aromatic ring is 1. The third-order valence-electron chi connectivity index (χ3n) is 1.97. The molecule has 0 fully saturated rings. The molecule has 0 atom stereocenters. The minimum Gasteiger partial charge on any atom is -0.384 e. The van der Waals surface area contributed by atoms with Gasteiger partial charge in [0.15, 0.2) is 0 Å². The monoisotopic (exact) mass is 236 g/mol. The van der Waals surface area contributed by atoms with Crippen molar-refractivity contribution in [2.45, 2.75) is 6.42 Å². The maximum absolute atomic E-state index is 10.8. The van der Waals surface area contributed by atoms with E-state index in [4.69, 9.17) is 5.73 Å². The summed E-state index contributed by atoms with van der Waals surface area (Å²) in [6.07, 6.45) is 1.98. The molecule has 0 aliphatic carbocycles. The Kier molecular flexibility index (Phi) is 2.78. The predicted molar refractivity (Wildman–Crippen MR) is 60.2 cm³/mol. The molecule has 0 amide bonds. The summed E-state index contributed by atoms with van der Waals surface area (Å²) >= 11 is 1.43. The summed E-state index contributed by atoms with van der Waals surface area (Å²) in [5.74, 6) is 0.275. The van der Waals surface area contributed by atoms with Crippen LogP contribution in [0, 0.1) is 10.1 Å². The third kappa shape index (κ3) is 2.14. The van der Waals surface area contributed by atoms with Crippen LogP contribution in [0.1, 0.15) is 10.7 Å². The number of hydrogen-bond acceptors (Lipinski definition) is 6. The van der Waals surface area contributed by atoms with Crippen LogP contribution in [0.25, 0.3) is 0 Å². The zero-order valence-electron chi connectivity index (χ0n) is 8.16. The molecule has 7 heteroatoms. The Hall–Kier alpha value is -2.02. The highest BCUT2D eigenvalue weighted by Gasteiger charge is 2.16. The summed E-state index contributed by atoms with van der Waals surface area (Å²) in [5.41, 5.74) is 5.83. The lowest BCUT2D eigenvalue weighted by molar-refractivity contribution is -0.385. The van der Waals surface area contributed by atoms with Gasteiger partial charge in [-0.3, -0.25) is 10.1 Å². The lowest BCUT2D eigenvalue weighted by Crippen LogP contribution is -2.02. The molecule has 16 heavy (non-hydrogen) atoms. The van der Waals surface area contributed by atoms with Crippen LogP contribution in [0.2, 0.25) is 0 Å². The van der Waals surface area contributed by atoms with Crippen molar-refractivity contribution in [2.24, 2.45) is 0 Å². The average Bonchev–Trinajstić information content (AvgIpc) is 2.70. The number of thiazole rings is 1. The van der Waals surface area contributed by atoms with Crippen LogP contribution in [0.3, 0.4) is 0 Å². The SMILES string of the molecule is Nc1ccc([N+](=O)[O-])c(Cc2nccs2)n1. The topological polar surface area (TPSA) is 94.9 Å². The standard InChI is InChI=1S/C9H8N4O2S/c10-8-2-1-7(13(14)15)6(12-8)5-9-11-3-4-16-9/h1-4H,5H2,(H2,10,12). The highest BCUT2D eigenvalue weighted by molar-refractivity contribution is 7.09. The van der Waals surface area contributed by atoms with E-state index in [1.165, 1.54) is 23.5 Å². The second-order valence-corrected chi connectivity index (χ2v) is 4.04. The van der Waals surface area contributed by atoms with Gasteiger partial charge < -0.3 is 5.73 Å². The van der Waals surface area contributed by atoms with Crippen molar-refractivity contribution < 1.29 is 4.92 Å². The smallest absolute Gasteiger partial charge is 0.291 e. The Bertz CT molecular complexity index is 512. The molecule has 0 saturated heterocycles. The van der Waals surface area contributed by atoms with Gasteiger partial charge in [-0.1, -0.05) is 0 Å². The quantitative estimate of drug-likeness (QED) is 0.645. The summed E-state index contributed by atoms with van der Waals surface area (Å²) in [5, 5.41) is 13.4. The highest BCUT2D eigenvalue weighted by atomic mass is 32.1. The normalized spacial score (nSPS) is 10.2. The number of aromatic nitrogens is 2. The Labute approximate surface area is 94.9 Å². The first-order chi connectivity index (χ1) is 7.66. The fourth-order valence-electron chi connectivity index (χ4n) is 1.29. The molecule has 82 valence electrons. The lowest BCUT2D eigenvalue weighted by Gasteiger charge is -2.00. The predicted octanol–water partition coefficient (Wildman–Crippen LogP) is 1.62. The van der Waals surface area contributed by atoms with Gasteiger partial charge in [0.1, 0.15) is 11.5 Å². The molecule has 0 radical (unpaired) electrons. The van der Waals surface area contributed by atoms with Gasteiger partial charge >= 0.3 is 0 Å². The van der Waals surface area contributed by atoms with Crippen molar-refractivity contribution in [3.05, 3.63) is 44.5 Å². The molecule has 2 N–H and O–H groups in total. The van der Waals surface area contributed by atoms with Gasteiger partial charge in [0, 0.05) is 24.1 Å². The second kappa shape index (κ2) is 4.23. The molecule has 6 nitrogen and oxygen atoms in total. The van der Waals surface area contributed by atoms with Crippen molar-refractivity contribution in [2.75, 3.05) is 5.73 Å². The number of anilines is 1. The Morgan fingerprint density at radius 3 is 2.94 bits per heavy atom. The molecule has 2 aromatic heterocycles. The zero-order valence-corrected chi connectivity index (χ0v) is 8.98. The molecule has 0 aromatic carbocycles. The Morgan fingerprint density at radius 1 is 1.50 bits per heavy atom. The molecular weight excluding hydrogens is 228 g/mol. The van der Waals surface area contributed by atoms with E-state index in [-0.39, 0.29) is 11.5 Å². The summed E-state index contributed by atoms with van der Waals surface area (Å²) in [6, 6.07) is 2.79. The van der Waals surface area contributed by atoms with Crippen LogP contribution in [0.15, 0.2) is 23.7 Å². The maximum Gasteiger partial charge on any atom is 0.291 e. The number of hydrogen-bond donors (Lipinski definition) is 1. The minimum absolute atomic E-state index is 0.0237. The van der Waals surface area contributed by atoms with Crippen molar-refractivity contribution in [1.29, 1.82) is 0 Å².